The van der Waals surface area contributed by atoms with E-state index in [1.165, 1.54) is 24.5 Å². The number of thiophene rings is 1. The van der Waals surface area contributed by atoms with Gasteiger partial charge in [-0.05, 0) is 48.0 Å². The second kappa shape index (κ2) is 10.4. The average Bonchev–Trinajstić information content (AvgIpc) is 3.56. The van der Waals surface area contributed by atoms with Crippen LogP contribution in [0.3, 0.4) is 0 Å². The van der Waals surface area contributed by atoms with E-state index >= 15 is 0 Å². The fourth-order valence-corrected chi connectivity index (χ4v) is 6.25. The van der Waals surface area contributed by atoms with Gasteiger partial charge in [-0.15, -0.1) is 11.3 Å². The second-order valence-electron chi connectivity index (χ2n) is 9.04. The van der Waals surface area contributed by atoms with E-state index in [0.717, 1.165) is 15.3 Å². The Morgan fingerprint density at radius 3 is 2.26 bits per heavy atom. The van der Waals surface area contributed by atoms with Crippen LogP contribution in [0.5, 0.6) is 0 Å². The second-order valence-corrected chi connectivity index (χ2v) is 12.5. The average molecular weight is 569 g/mol. The van der Waals surface area contributed by atoms with E-state index in [4.69, 9.17) is 11.6 Å². The SMILES string of the molecule is CC(=O)N1CCN(C(=O)c2cc(-c3ccc(-c4cccc(S(C)(=O)=O)c4)s3)n(-c3ccccc3Cl)n2)CC1. The molecule has 3 heterocycles. The summed E-state index contributed by atoms with van der Waals surface area (Å²) in [5.74, 6) is -0.212. The Morgan fingerprint density at radius 1 is 0.895 bits per heavy atom. The van der Waals surface area contributed by atoms with Crippen molar-refractivity contribution in [1.29, 1.82) is 0 Å². The fourth-order valence-electron chi connectivity index (χ4n) is 4.37. The van der Waals surface area contributed by atoms with Crippen LogP contribution >= 0.6 is 22.9 Å². The molecule has 11 heteroatoms. The number of carbonyl (C=O) groups excluding carboxylic acids is 2. The van der Waals surface area contributed by atoms with Crippen LogP contribution in [0.15, 0.2) is 71.6 Å². The van der Waals surface area contributed by atoms with Gasteiger partial charge in [0.1, 0.15) is 0 Å². The predicted octanol–water partition coefficient (Wildman–Crippen LogP) is 4.63. The number of para-hydroxylation sites is 1. The Hall–Kier alpha value is -3.47. The van der Waals surface area contributed by atoms with Gasteiger partial charge < -0.3 is 9.80 Å². The summed E-state index contributed by atoms with van der Waals surface area (Å²) in [6.07, 6.45) is 1.19. The molecular weight excluding hydrogens is 544 g/mol. The molecule has 0 saturated carbocycles. The minimum atomic E-state index is -3.34. The van der Waals surface area contributed by atoms with Crippen molar-refractivity contribution in [3.05, 3.63) is 77.4 Å². The number of amides is 2. The van der Waals surface area contributed by atoms with E-state index in [-0.39, 0.29) is 22.4 Å². The first-order chi connectivity index (χ1) is 18.1. The van der Waals surface area contributed by atoms with Crippen molar-refractivity contribution >= 4 is 44.6 Å². The highest BCUT2D eigenvalue weighted by atomic mass is 35.5. The third-order valence-electron chi connectivity index (χ3n) is 6.43. The van der Waals surface area contributed by atoms with Crippen LogP contribution in [-0.2, 0) is 14.6 Å². The van der Waals surface area contributed by atoms with E-state index in [1.807, 2.05) is 36.4 Å². The zero-order valence-corrected chi connectivity index (χ0v) is 23.2. The number of nitrogens with zero attached hydrogens (tertiary/aromatic N) is 4. The molecule has 8 nitrogen and oxygen atoms in total. The molecule has 2 aromatic heterocycles. The van der Waals surface area contributed by atoms with Crippen LogP contribution < -0.4 is 0 Å². The number of sulfone groups is 1. The lowest BCUT2D eigenvalue weighted by molar-refractivity contribution is -0.130. The zero-order valence-electron chi connectivity index (χ0n) is 20.8. The molecule has 1 aliphatic rings. The molecule has 196 valence electrons. The van der Waals surface area contributed by atoms with E-state index < -0.39 is 9.84 Å². The first-order valence-electron chi connectivity index (χ1n) is 11.9. The van der Waals surface area contributed by atoms with Crippen molar-refractivity contribution in [2.45, 2.75) is 11.8 Å². The molecule has 0 atom stereocenters. The molecule has 1 saturated heterocycles. The van der Waals surface area contributed by atoms with Crippen LogP contribution in [-0.4, -0.2) is 72.2 Å². The number of rotatable bonds is 5. The smallest absolute Gasteiger partial charge is 0.274 e. The van der Waals surface area contributed by atoms with Gasteiger partial charge in [-0.3, -0.25) is 9.59 Å². The van der Waals surface area contributed by atoms with Gasteiger partial charge in [0.15, 0.2) is 15.5 Å². The number of benzene rings is 2. The highest BCUT2D eigenvalue weighted by molar-refractivity contribution is 7.90. The first-order valence-corrected chi connectivity index (χ1v) is 15.0. The molecule has 38 heavy (non-hydrogen) atoms. The lowest BCUT2D eigenvalue weighted by atomic mass is 10.2. The number of hydrogen-bond acceptors (Lipinski definition) is 6. The Labute approximate surface area is 230 Å². The lowest BCUT2D eigenvalue weighted by Crippen LogP contribution is -2.50. The third-order valence-corrected chi connectivity index (χ3v) is 9.01. The Morgan fingerprint density at radius 2 is 1.58 bits per heavy atom. The third kappa shape index (κ3) is 5.24. The lowest BCUT2D eigenvalue weighted by Gasteiger charge is -2.33. The van der Waals surface area contributed by atoms with Gasteiger partial charge in [0, 0.05) is 44.2 Å². The first kappa shape index (κ1) is 26.1. The monoisotopic (exact) mass is 568 g/mol. The molecule has 0 unspecified atom stereocenters. The molecule has 0 spiro atoms. The fraction of sp³-hybridized carbons (Fsp3) is 0.222. The highest BCUT2D eigenvalue weighted by Crippen LogP contribution is 2.37. The molecule has 2 aromatic carbocycles. The van der Waals surface area contributed by atoms with Crippen molar-refractivity contribution < 1.29 is 18.0 Å². The van der Waals surface area contributed by atoms with E-state index in [2.05, 4.69) is 5.10 Å². The van der Waals surface area contributed by atoms with E-state index in [0.29, 0.717) is 42.6 Å². The van der Waals surface area contributed by atoms with Gasteiger partial charge in [0.05, 0.1) is 26.2 Å². The van der Waals surface area contributed by atoms with Crippen LogP contribution in [0.25, 0.3) is 26.7 Å². The van der Waals surface area contributed by atoms with Gasteiger partial charge in [0.2, 0.25) is 5.91 Å². The summed E-state index contributed by atoms with van der Waals surface area (Å²) in [4.78, 5) is 30.5. The van der Waals surface area contributed by atoms with Crippen LogP contribution in [0.1, 0.15) is 17.4 Å². The summed E-state index contributed by atoms with van der Waals surface area (Å²) in [7, 11) is -3.34. The summed E-state index contributed by atoms with van der Waals surface area (Å²) in [6.45, 7) is 3.38. The van der Waals surface area contributed by atoms with Crippen molar-refractivity contribution in [3.8, 4) is 26.7 Å². The van der Waals surface area contributed by atoms with Gasteiger partial charge in [0.25, 0.3) is 5.91 Å². The molecule has 5 rings (SSSR count). The number of aromatic nitrogens is 2. The maximum atomic E-state index is 13.4. The number of hydrogen-bond donors (Lipinski definition) is 0. The van der Waals surface area contributed by atoms with Gasteiger partial charge >= 0.3 is 0 Å². The summed E-state index contributed by atoms with van der Waals surface area (Å²) in [5.41, 5.74) is 2.40. The molecule has 2 amide bonds. The van der Waals surface area contributed by atoms with Crippen molar-refractivity contribution in [2.24, 2.45) is 0 Å². The molecule has 0 bridgehead atoms. The van der Waals surface area contributed by atoms with Crippen molar-refractivity contribution in [2.75, 3.05) is 32.4 Å². The van der Waals surface area contributed by atoms with E-state index in [1.54, 1.807) is 44.8 Å². The molecule has 1 aliphatic heterocycles. The predicted molar refractivity (Wildman–Crippen MR) is 149 cm³/mol. The molecule has 0 N–H and O–H groups in total. The standard InChI is InChI=1S/C27H25ClN4O4S2/c1-18(33)30-12-14-31(15-13-30)27(34)22-17-24(32(29-22)23-9-4-3-8-21(23)28)26-11-10-25(37-26)19-6-5-7-20(16-19)38(2,35)36/h3-11,16-17H,12-15H2,1-2H3. The van der Waals surface area contributed by atoms with Crippen molar-refractivity contribution in [1.82, 2.24) is 19.6 Å². The normalized spacial score (nSPS) is 14.1. The van der Waals surface area contributed by atoms with Gasteiger partial charge in [-0.2, -0.15) is 5.10 Å². The molecule has 0 radical (unpaired) electrons. The number of carbonyl (C=O) groups is 2. The van der Waals surface area contributed by atoms with Crippen molar-refractivity contribution in [3.63, 3.8) is 0 Å². The maximum Gasteiger partial charge on any atom is 0.274 e. The van der Waals surface area contributed by atoms with Crippen LogP contribution in [0.4, 0.5) is 0 Å². The molecular formula is C27H25ClN4O4S2. The summed E-state index contributed by atoms with van der Waals surface area (Å²) in [5, 5.41) is 5.15. The zero-order chi connectivity index (χ0) is 27.0. The Bertz CT molecular complexity index is 1640. The minimum absolute atomic E-state index is 0.00189. The molecule has 0 aliphatic carbocycles. The number of piperazine rings is 1. The topological polar surface area (TPSA) is 92.6 Å². The Kier molecular flexibility index (Phi) is 7.13. The van der Waals surface area contributed by atoms with E-state index in [9.17, 15) is 18.0 Å². The number of halogens is 1. The Balaban J connectivity index is 1.53. The molecule has 4 aromatic rings. The quantitative estimate of drug-likeness (QED) is 0.350. The summed E-state index contributed by atoms with van der Waals surface area (Å²) in [6, 6.07) is 19.7. The summed E-state index contributed by atoms with van der Waals surface area (Å²) < 4.78 is 25.8. The van der Waals surface area contributed by atoms with Gasteiger partial charge in [-0.1, -0.05) is 35.9 Å². The molecule has 1 fully saturated rings. The highest BCUT2D eigenvalue weighted by Gasteiger charge is 2.27. The minimum Gasteiger partial charge on any atom is -0.339 e. The largest absolute Gasteiger partial charge is 0.339 e. The van der Waals surface area contributed by atoms with Crippen LogP contribution in [0.2, 0.25) is 5.02 Å². The van der Waals surface area contributed by atoms with Gasteiger partial charge in [-0.25, -0.2) is 13.1 Å². The summed E-state index contributed by atoms with van der Waals surface area (Å²) >= 11 is 7.98. The maximum absolute atomic E-state index is 13.4. The van der Waals surface area contributed by atoms with Crippen LogP contribution in [0, 0.1) is 0 Å².